The summed E-state index contributed by atoms with van der Waals surface area (Å²) in [6.45, 7) is 6.12. The number of rotatable bonds is 6. The van der Waals surface area contributed by atoms with E-state index >= 15 is 0 Å². The number of ether oxygens (including phenoxy) is 1. The number of carbonyl (C=O) groups is 1. The third kappa shape index (κ3) is 5.59. The highest BCUT2D eigenvalue weighted by molar-refractivity contribution is 9.10. The highest BCUT2D eigenvalue weighted by atomic mass is 79.9. The molecule has 1 aromatic carbocycles. The highest BCUT2D eigenvalue weighted by Gasteiger charge is 2.28. The number of halogens is 2. The largest absolute Gasteiger partial charge is 0.490 e. The van der Waals surface area contributed by atoms with Crippen molar-refractivity contribution in [2.24, 2.45) is 5.92 Å². The number of hydrogen-bond acceptors (Lipinski definition) is 2. The molecule has 112 valence electrons. The van der Waals surface area contributed by atoms with Crippen molar-refractivity contribution in [2.75, 3.05) is 6.61 Å². The molecule has 1 aromatic rings. The van der Waals surface area contributed by atoms with Gasteiger partial charge in [-0.2, -0.15) is 0 Å². The van der Waals surface area contributed by atoms with E-state index in [1.165, 1.54) is 0 Å². The lowest BCUT2D eigenvalue weighted by Crippen LogP contribution is -2.50. The SMILES string of the molecule is CC(C)CC(C)(COc1ccc(Br)cc1Cl)NC(=O)O. The molecule has 20 heavy (non-hydrogen) atoms. The predicted octanol–water partition coefficient (Wildman–Crippen LogP) is 4.55. The molecule has 0 bridgehead atoms. The van der Waals surface area contributed by atoms with Crippen molar-refractivity contribution in [2.45, 2.75) is 32.7 Å². The van der Waals surface area contributed by atoms with Crippen molar-refractivity contribution in [1.82, 2.24) is 5.32 Å². The normalized spacial score (nSPS) is 13.9. The Morgan fingerprint density at radius 3 is 2.70 bits per heavy atom. The maximum Gasteiger partial charge on any atom is 0.405 e. The summed E-state index contributed by atoms with van der Waals surface area (Å²) in [6.07, 6.45) is -0.383. The first-order valence-electron chi connectivity index (χ1n) is 6.31. The zero-order valence-corrected chi connectivity index (χ0v) is 14.1. The Morgan fingerprint density at radius 2 is 2.20 bits per heavy atom. The molecular formula is C14H19BrClNO3. The molecular weight excluding hydrogens is 346 g/mol. The Balaban J connectivity index is 2.77. The second-order valence-electron chi connectivity index (χ2n) is 5.45. The lowest BCUT2D eigenvalue weighted by molar-refractivity contribution is 0.143. The van der Waals surface area contributed by atoms with Gasteiger partial charge < -0.3 is 15.2 Å². The van der Waals surface area contributed by atoms with E-state index in [0.29, 0.717) is 23.1 Å². The zero-order chi connectivity index (χ0) is 15.3. The molecule has 1 unspecified atom stereocenters. The monoisotopic (exact) mass is 363 g/mol. The fourth-order valence-corrected chi connectivity index (χ4v) is 2.86. The molecule has 0 aliphatic rings. The Kier molecular flexibility index (Phi) is 6.14. The summed E-state index contributed by atoms with van der Waals surface area (Å²) in [5, 5.41) is 12.0. The highest BCUT2D eigenvalue weighted by Crippen LogP contribution is 2.29. The average Bonchev–Trinajstić information content (AvgIpc) is 2.25. The van der Waals surface area contributed by atoms with Crippen LogP contribution < -0.4 is 10.1 Å². The first kappa shape index (κ1) is 17.1. The second-order valence-corrected chi connectivity index (χ2v) is 6.78. The van der Waals surface area contributed by atoms with Gasteiger partial charge in [0.05, 0.1) is 10.6 Å². The molecule has 1 amide bonds. The number of benzene rings is 1. The molecule has 1 atom stereocenters. The Labute approximate surface area is 132 Å². The zero-order valence-electron chi connectivity index (χ0n) is 11.7. The van der Waals surface area contributed by atoms with Gasteiger partial charge >= 0.3 is 6.09 Å². The van der Waals surface area contributed by atoms with Gasteiger partial charge in [0.15, 0.2) is 0 Å². The van der Waals surface area contributed by atoms with Crippen LogP contribution in [0.4, 0.5) is 4.79 Å². The lowest BCUT2D eigenvalue weighted by Gasteiger charge is -2.31. The van der Waals surface area contributed by atoms with Crippen LogP contribution in [-0.4, -0.2) is 23.3 Å². The molecule has 0 saturated heterocycles. The van der Waals surface area contributed by atoms with Gasteiger partial charge in [-0.25, -0.2) is 4.79 Å². The average molecular weight is 365 g/mol. The van der Waals surface area contributed by atoms with Crippen LogP contribution >= 0.6 is 27.5 Å². The molecule has 2 N–H and O–H groups in total. The van der Waals surface area contributed by atoms with Crippen molar-refractivity contribution in [1.29, 1.82) is 0 Å². The van der Waals surface area contributed by atoms with Gasteiger partial charge in [0.1, 0.15) is 12.4 Å². The maximum absolute atomic E-state index is 10.9. The van der Waals surface area contributed by atoms with Gasteiger partial charge in [-0.3, -0.25) is 0 Å². The van der Waals surface area contributed by atoms with Gasteiger partial charge in [0.2, 0.25) is 0 Å². The van der Waals surface area contributed by atoms with E-state index in [-0.39, 0.29) is 6.61 Å². The van der Waals surface area contributed by atoms with Crippen LogP contribution in [0.2, 0.25) is 5.02 Å². The quantitative estimate of drug-likeness (QED) is 0.778. The number of carboxylic acid groups (broad SMARTS) is 1. The summed E-state index contributed by atoms with van der Waals surface area (Å²) < 4.78 is 6.54. The Bertz CT molecular complexity index is 481. The summed E-state index contributed by atoms with van der Waals surface area (Å²) in [5.74, 6) is 0.882. The fraction of sp³-hybridized carbons (Fsp3) is 0.500. The molecule has 4 nitrogen and oxygen atoms in total. The Hall–Kier alpha value is -0.940. The fourth-order valence-electron chi connectivity index (χ4n) is 2.13. The summed E-state index contributed by atoms with van der Waals surface area (Å²) in [4.78, 5) is 10.9. The minimum Gasteiger partial charge on any atom is -0.490 e. The molecule has 0 aromatic heterocycles. The predicted molar refractivity (Wildman–Crippen MR) is 83.7 cm³/mol. The van der Waals surface area contributed by atoms with Crippen LogP contribution in [-0.2, 0) is 0 Å². The number of amides is 1. The standard InChI is InChI=1S/C14H19BrClNO3/c1-9(2)7-14(3,17-13(18)19)8-20-12-5-4-10(15)6-11(12)16/h4-6,9,17H,7-8H2,1-3H3,(H,18,19). The van der Waals surface area contributed by atoms with E-state index < -0.39 is 11.6 Å². The topological polar surface area (TPSA) is 58.6 Å². The van der Waals surface area contributed by atoms with E-state index in [0.717, 1.165) is 4.47 Å². The van der Waals surface area contributed by atoms with E-state index in [1.807, 2.05) is 26.8 Å². The summed E-state index contributed by atoms with van der Waals surface area (Å²) in [5.41, 5.74) is -0.656. The van der Waals surface area contributed by atoms with E-state index in [2.05, 4.69) is 21.2 Å². The molecule has 0 spiro atoms. The van der Waals surface area contributed by atoms with Crippen LogP contribution in [0.25, 0.3) is 0 Å². The van der Waals surface area contributed by atoms with Crippen LogP contribution in [0.1, 0.15) is 27.2 Å². The summed E-state index contributed by atoms with van der Waals surface area (Å²) in [7, 11) is 0. The van der Waals surface area contributed by atoms with Crippen LogP contribution in [0.3, 0.4) is 0 Å². The molecule has 0 radical (unpaired) electrons. The second kappa shape index (κ2) is 7.18. The minimum atomic E-state index is -1.06. The van der Waals surface area contributed by atoms with Gasteiger partial charge in [-0.15, -0.1) is 0 Å². The number of hydrogen-bond donors (Lipinski definition) is 2. The molecule has 6 heteroatoms. The van der Waals surface area contributed by atoms with Gasteiger partial charge in [0.25, 0.3) is 0 Å². The van der Waals surface area contributed by atoms with Crippen molar-refractivity contribution in [3.63, 3.8) is 0 Å². The van der Waals surface area contributed by atoms with Crippen molar-refractivity contribution in [3.05, 3.63) is 27.7 Å². The number of nitrogens with one attached hydrogen (secondary N) is 1. The first-order valence-corrected chi connectivity index (χ1v) is 7.48. The van der Waals surface area contributed by atoms with E-state index in [4.69, 9.17) is 21.4 Å². The van der Waals surface area contributed by atoms with Gasteiger partial charge in [0, 0.05) is 4.47 Å². The first-order chi connectivity index (χ1) is 9.22. The van der Waals surface area contributed by atoms with Crippen LogP contribution in [0.15, 0.2) is 22.7 Å². The van der Waals surface area contributed by atoms with Gasteiger partial charge in [-0.05, 0) is 37.5 Å². The summed E-state index contributed by atoms with van der Waals surface area (Å²) >= 11 is 9.40. The summed E-state index contributed by atoms with van der Waals surface area (Å²) in [6, 6.07) is 5.32. The Morgan fingerprint density at radius 1 is 1.55 bits per heavy atom. The molecule has 0 heterocycles. The molecule has 0 fully saturated rings. The van der Waals surface area contributed by atoms with Crippen molar-refractivity contribution in [3.8, 4) is 5.75 Å². The third-order valence-corrected chi connectivity index (χ3v) is 3.50. The molecule has 0 aliphatic heterocycles. The van der Waals surface area contributed by atoms with E-state index in [9.17, 15) is 4.79 Å². The maximum atomic E-state index is 10.9. The van der Waals surface area contributed by atoms with Gasteiger partial charge in [-0.1, -0.05) is 41.4 Å². The molecule has 1 rings (SSSR count). The smallest absolute Gasteiger partial charge is 0.405 e. The van der Waals surface area contributed by atoms with Crippen molar-refractivity contribution < 1.29 is 14.6 Å². The minimum absolute atomic E-state index is 0.221. The van der Waals surface area contributed by atoms with Crippen LogP contribution in [0.5, 0.6) is 5.75 Å². The lowest BCUT2D eigenvalue weighted by atomic mass is 9.91. The van der Waals surface area contributed by atoms with Crippen molar-refractivity contribution >= 4 is 33.6 Å². The molecule has 0 saturated carbocycles. The third-order valence-electron chi connectivity index (χ3n) is 2.71. The molecule has 0 aliphatic carbocycles. The van der Waals surface area contributed by atoms with Crippen LogP contribution in [0, 0.1) is 5.92 Å². The van der Waals surface area contributed by atoms with E-state index in [1.54, 1.807) is 12.1 Å².